The molecule has 3 rings (SSSR count). The number of aryl methyl sites for hydroxylation is 1. The molecule has 26 heavy (non-hydrogen) atoms. The van der Waals surface area contributed by atoms with Crippen LogP contribution in [0.3, 0.4) is 0 Å². The highest BCUT2D eigenvalue weighted by molar-refractivity contribution is 7.98. The SMILES string of the molecule is Cc1nc(CSc2ccc(C(=O)NCCOc3ccccc3)cc2)cs1. The van der Waals surface area contributed by atoms with E-state index in [-0.39, 0.29) is 5.91 Å². The van der Waals surface area contributed by atoms with Gasteiger partial charge in [0.15, 0.2) is 0 Å². The minimum absolute atomic E-state index is 0.0895. The summed E-state index contributed by atoms with van der Waals surface area (Å²) in [4.78, 5) is 17.7. The third-order valence-corrected chi connectivity index (χ3v) is 5.44. The van der Waals surface area contributed by atoms with Crippen molar-refractivity contribution in [3.63, 3.8) is 0 Å². The molecule has 0 saturated carbocycles. The highest BCUT2D eigenvalue weighted by Gasteiger charge is 2.06. The number of aromatic nitrogens is 1. The summed E-state index contributed by atoms with van der Waals surface area (Å²) in [6.45, 7) is 2.92. The minimum atomic E-state index is -0.0895. The van der Waals surface area contributed by atoms with Gasteiger partial charge in [0.25, 0.3) is 5.91 Å². The van der Waals surface area contributed by atoms with Crippen molar-refractivity contribution in [1.29, 1.82) is 0 Å². The Morgan fingerprint density at radius 2 is 1.92 bits per heavy atom. The van der Waals surface area contributed by atoms with Crippen molar-refractivity contribution in [2.75, 3.05) is 13.2 Å². The Balaban J connectivity index is 1.41. The zero-order valence-corrected chi connectivity index (χ0v) is 16.1. The fraction of sp³-hybridized carbons (Fsp3) is 0.200. The Kier molecular flexibility index (Phi) is 6.68. The molecule has 0 bridgehead atoms. The molecule has 0 fully saturated rings. The van der Waals surface area contributed by atoms with Crippen molar-refractivity contribution in [2.45, 2.75) is 17.6 Å². The third kappa shape index (κ3) is 5.61. The van der Waals surface area contributed by atoms with Crippen LogP contribution in [0.4, 0.5) is 0 Å². The molecule has 0 aliphatic rings. The Morgan fingerprint density at radius 1 is 1.15 bits per heavy atom. The van der Waals surface area contributed by atoms with Crippen molar-refractivity contribution in [2.24, 2.45) is 0 Å². The molecular weight excluding hydrogens is 364 g/mol. The number of para-hydroxylation sites is 1. The largest absolute Gasteiger partial charge is 0.492 e. The summed E-state index contributed by atoms with van der Waals surface area (Å²) in [5.41, 5.74) is 1.75. The third-order valence-electron chi connectivity index (χ3n) is 3.57. The standard InChI is InChI=1S/C20H20N2O2S2/c1-15-22-17(13-25-15)14-26-19-9-7-16(8-10-19)20(23)21-11-12-24-18-5-3-2-4-6-18/h2-10,13H,11-12,14H2,1H3,(H,21,23). The van der Waals surface area contributed by atoms with Gasteiger partial charge < -0.3 is 10.1 Å². The van der Waals surface area contributed by atoms with Crippen LogP contribution in [-0.2, 0) is 5.75 Å². The molecule has 1 heterocycles. The maximum absolute atomic E-state index is 12.2. The second-order valence-electron chi connectivity index (χ2n) is 5.59. The van der Waals surface area contributed by atoms with Crippen molar-refractivity contribution in [1.82, 2.24) is 10.3 Å². The summed E-state index contributed by atoms with van der Waals surface area (Å²) < 4.78 is 5.56. The van der Waals surface area contributed by atoms with E-state index in [9.17, 15) is 4.79 Å². The number of thioether (sulfide) groups is 1. The zero-order valence-electron chi connectivity index (χ0n) is 14.5. The van der Waals surface area contributed by atoms with Gasteiger partial charge in [0.05, 0.1) is 17.2 Å². The lowest BCUT2D eigenvalue weighted by atomic mass is 10.2. The van der Waals surface area contributed by atoms with Gasteiger partial charge in [-0.05, 0) is 43.3 Å². The van der Waals surface area contributed by atoms with Crippen molar-refractivity contribution < 1.29 is 9.53 Å². The second-order valence-corrected chi connectivity index (χ2v) is 7.70. The first-order valence-electron chi connectivity index (χ1n) is 8.30. The molecule has 1 aromatic heterocycles. The first-order valence-corrected chi connectivity index (χ1v) is 10.2. The maximum atomic E-state index is 12.2. The maximum Gasteiger partial charge on any atom is 0.251 e. The number of thiazole rings is 1. The van der Waals surface area contributed by atoms with Gasteiger partial charge in [0.1, 0.15) is 12.4 Å². The van der Waals surface area contributed by atoms with Crippen LogP contribution in [0.25, 0.3) is 0 Å². The minimum Gasteiger partial charge on any atom is -0.492 e. The van der Waals surface area contributed by atoms with Crippen LogP contribution in [0, 0.1) is 6.92 Å². The van der Waals surface area contributed by atoms with Gasteiger partial charge >= 0.3 is 0 Å². The van der Waals surface area contributed by atoms with E-state index in [1.807, 2.05) is 61.5 Å². The molecule has 0 atom stereocenters. The molecule has 0 saturated heterocycles. The zero-order chi connectivity index (χ0) is 18.2. The number of carbonyl (C=O) groups is 1. The lowest BCUT2D eigenvalue weighted by molar-refractivity contribution is 0.0947. The van der Waals surface area contributed by atoms with E-state index < -0.39 is 0 Å². The van der Waals surface area contributed by atoms with Gasteiger partial charge in [-0.25, -0.2) is 4.98 Å². The number of rotatable bonds is 8. The van der Waals surface area contributed by atoms with E-state index in [0.717, 1.165) is 27.1 Å². The molecule has 0 unspecified atom stereocenters. The van der Waals surface area contributed by atoms with Gasteiger partial charge in [-0.2, -0.15) is 0 Å². The van der Waals surface area contributed by atoms with E-state index >= 15 is 0 Å². The number of ether oxygens (including phenoxy) is 1. The molecule has 0 aliphatic heterocycles. The molecule has 0 aliphatic carbocycles. The van der Waals surface area contributed by atoms with E-state index in [2.05, 4.69) is 15.7 Å². The number of amides is 1. The van der Waals surface area contributed by atoms with Gasteiger partial charge in [-0.15, -0.1) is 23.1 Å². The molecule has 1 amide bonds. The summed E-state index contributed by atoms with van der Waals surface area (Å²) in [5.74, 6) is 1.55. The van der Waals surface area contributed by atoms with Gasteiger partial charge in [0, 0.05) is 21.6 Å². The summed E-state index contributed by atoms with van der Waals surface area (Å²) in [6, 6.07) is 17.2. The molecule has 0 spiro atoms. The van der Waals surface area contributed by atoms with Crippen molar-refractivity contribution >= 4 is 29.0 Å². The van der Waals surface area contributed by atoms with Gasteiger partial charge in [-0.1, -0.05) is 18.2 Å². The lowest BCUT2D eigenvalue weighted by Crippen LogP contribution is -2.28. The Labute approximate surface area is 161 Å². The number of benzene rings is 2. The number of hydrogen-bond acceptors (Lipinski definition) is 5. The monoisotopic (exact) mass is 384 g/mol. The van der Waals surface area contributed by atoms with Crippen molar-refractivity contribution in [3.8, 4) is 5.75 Å². The van der Waals surface area contributed by atoms with Gasteiger partial charge in [0.2, 0.25) is 0 Å². The van der Waals surface area contributed by atoms with Crippen LogP contribution in [0.1, 0.15) is 21.1 Å². The summed E-state index contributed by atoms with van der Waals surface area (Å²) >= 11 is 3.39. The number of nitrogens with one attached hydrogen (secondary N) is 1. The average molecular weight is 385 g/mol. The van der Waals surface area contributed by atoms with E-state index in [1.165, 1.54) is 0 Å². The predicted molar refractivity (Wildman–Crippen MR) is 107 cm³/mol. The molecule has 0 radical (unpaired) electrons. The number of hydrogen-bond donors (Lipinski definition) is 1. The van der Waals surface area contributed by atoms with Crippen LogP contribution < -0.4 is 10.1 Å². The Morgan fingerprint density at radius 3 is 2.62 bits per heavy atom. The Hall–Kier alpha value is -2.31. The Bertz CT molecular complexity index is 833. The van der Waals surface area contributed by atoms with Crippen molar-refractivity contribution in [3.05, 3.63) is 76.2 Å². The fourth-order valence-corrected chi connectivity index (χ4v) is 3.80. The molecule has 134 valence electrons. The summed E-state index contributed by atoms with van der Waals surface area (Å²) in [5, 5.41) is 6.04. The van der Waals surface area contributed by atoms with Crippen LogP contribution in [0.2, 0.25) is 0 Å². The predicted octanol–water partition coefficient (Wildman–Crippen LogP) is 4.55. The first kappa shape index (κ1) is 18.5. The molecular formula is C20H20N2O2S2. The van der Waals surface area contributed by atoms with E-state index in [1.54, 1.807) is 23.1 Å². The second kappa shape index (κ2) is 9.40. The fourth-order valence-electron chi connectivity index (χ4n) is 2.29. The van der Waals surface area contributed by atoms with Crippen LogP contribution in [0.15, 0.2) is 64.9 Å². The van der Waals surface area contributed by atoms with E-state index in [4.69, 9.17) is 4.74 Å². The first-order chi connectivity index (χ1) is 12.7. The smallest absolute Gasteiger partial charge is 0.251 e. The summed E-state index contributed by atoms with van der Waals surface area (Å²) in [7, 11) is 0. The number of carbonyl (C=O) groups excluding carboxylic acids is 1. The average Bonchev–Trinajstić information content (AvgIpc) is 3.10. The van der Waals surface area contributed by atoms with Crippen LogP contribution >= 0.6 is 23.1 Å². The topological polar surface area (TPSA) is 51.2 Å². The quantitative estimate of drug-likeness (QED) is 0.457. The highest BCUT2D eigenvalue weighted by Crippen LogP contribution is 2.23. The molecule has 6 heteroatoms. The normalized spacial score (nSPS) is 10.5. The molecule has 1 N–H and O–H groups in total. The summed E-state index contributed by atoms with van der Waals surface area (Å²) in [6.07, 6.45) is 0. The van der Waals surface area contributed by atoms with Gasteiger partial charge in [-0.3, -0.25) is 4.79 Å². The van der Waals surface area contributed by atoms with Crippen LogP contribution in [0.5, 0.6) is 5.75 Å². The highest BCUT2D eigenvalue weighted by atomic mass is 32.2. The molecule has 3 aromatic rings. The molecule has 4 nitrogen and oxygen atoms in total. The molecule has 2 aromatic carbocycles. The van der Waals surface area contributed by atoms with E-state index in [0.29, 0.717) is 18.7 Å². The number of nitrogens with zero attached hydrogens (tertiary/aromatic N) is 1. The van der Waals surface area contributed by atoms with Crippen LogP contribution in [-0.4, -0.2) is 24.0 Å². The lowest BCUT2D eigenvalue weighted by Gasteiger charge is -2.08.